The number of nitrogens with one attached hydrogen (secondary N) is 2. The van der Waals surface area contributed by atoms with Gasteiger partial charge in [0.25, 0.3) is 0 Å². The van der Waals surface area contributed by atoms with E-state index in [2.05, 4.69) is 48.7 Å². The number of benzene rings is 1. The van der Waals surface area contributed by atoms with E-state index in [1.54, 1.807) is 0 Å². The summed E-state index contributed by atoms with van der Waals surface area (Å²) in [6.45, 7) is 7.03. The molecule has 2 rings (SSSR count). The lowest BCUT2D eigenvalue weighted by atomic mass is 9.88. The Bertz CT molecular complexity index is 410. The zero-order valence-electron chi connectivity index (χ0n) is 12.6. The van der Waals surface area contributed by atoms with E-state index >= 15 is 0 Å². The molecule has 0 radical (unpaired) electrons. The number of carbonyl (C=O) groups excluding carboxylic acids is 1. The van der Waals surface area contributed by atoms with E-state index in [-0.39, 0.29) is 11.8 Å². The van der Waals surface area contributed by atoms with Crippen molar-refractivity contribution in [3.05, 3.63) is 35.9 Å². The molecular formula is C17H26N2O. The van der Waals surface area contributed by atoms with Crippen molar-refractivity contribution in [1.29, 1.82) is 0 Å². The lowest BCUT2D eigenvalue weighted by Gasteiger charge is -2.25. The summed E-state index contributed by atoms with van der Waals surface area (Å²) in [6, 6.07) is 10.5. The quantitative estimate of drug-likeness (QED) is 0.866. The van der Waals surface area contributed by atoms with Crippen LogP contribution in [0.3, 0.4) is 0 Å². The Hall–Kier alpha value is -1.35. The van der Waals surface area contributed by atoms with E-state index in [1.807, 2.05) is 6.07 Å². The van der Waals surface area contributed by atoms with Crippen molar-refractivity contribution in [2.75, 3.05) is 19.6 Å². The summed E-state index contributed by atoms with van der Waals surface area (Å²) in [5.74, 6) is 1.25. The van der Waals surface area contributed by atoms with Gasteiger partial charge in [0.05, 0.1) is 5.92 Å². The van der Waals surface area contributed by atoms with Crippen LogP contribution in [-0.4, -0.2) is 25.5 Å². The average Bonchev–Trinajstić information content (AvgIpc) is 2.49. The summed E-state index contributed by atoms with van der Waals surface area (Å²) in [6.07, 6.45) is 2.11. The van der Waals surface area contributed by atoms with Crippen LogP contribution in [0, 0.1) is 11.8 Å². The topological polar surface area (TPSA) is 41.1 Å². The summed E-state index contributed by atoms with van der Waals surface area (Å²) in [5.41, 5.74) is 1.31. The van der Waals surface area contributed by atoms with E-state index in [4.69, 9.17) is 0 Å². The highest BCUT2D eigenvalue weighted by Gasteiger charge is 2.22. The van der Waals surface area contributed by atoms with Crippen molar-refractivity contribution < 1.29 is 4.79 Å². The van der Waals surface area contributed by atoms with Gasteiger partial charge >= 0.3 is 0 Å². The van der Waals surface area contributed by atoms with Gasteiger partial charge in [-0.2, -0.15) is 0 Å². The molecule has 1 amide bonds. The Morgan fingerprint density at radius 2 is 2.10 bits per heavy atom. The number of hydrogen-bond acceptors (Lipinski definition) is 2. The molecule has 0 aromatic heterocycles. The Morgan fingerprint density at radius 1 is 1.35 bits per heavy atom. The SMILES string of the molecule is CC(C)C(CNC(=O)C1CCCNC1)c1ccccc1. The number of amides is 1. The van der Waals surface area contributed by atoms with Crippen LogP contribution in [0.4, 0.5) is 0 Å². The van der Waals surface area contributed by atoms with Crippen molar-refractivity contribution in [3.8, 4) is 0 Å². The molecule has 0 saturated carbocycles. The standard InChI is InChI=1S/C17H26N2O/c1-13(2)16(14-7-4-3-5-8-14)12-19-17(20)15-9-6-10-18-11-15/h3-5,7-8,13,15-16,18H,6,9-12H2,1-2H3,(H,19,20). The first-order valence-corrected chi connectivity index (χ1v) is 7.72. The van der Waals surface area contributed by atoms with E-state index in [9.17, 15) is 4.79 Å². The van der Waals surface area contributed by atoms with Crippen LogP contribution >= 0.6 is 0 Å². The van der Waals surface area contributed by atoms with Gasteiger partial charge in [0.15, 0.2) is 0 Å². The van der Waals surface area contributed by atoms with Gasteiger partial charge < -0.3 is 10.6 Å². The molecule has 1 aromatic carbocycles. The van der Waals surface area contributed by atoms with Gasteiger partial charge in [-0.25, -0.2) is 0 Å². The third-order valence-electron chi connectivity index (χ3n) is 4.20. The second-order valence-electron chi connectivity index (χ2n) is 6.05. The van der Waals surface area contributed by atoms with Gasteiger partial charge in [-0.15, -0.1) is 0 Å². The Morgan fingerprint density at radius 3 is 2.70 bits per heavy atom. The summed E-state index contributed by atoms with van der Waals surface area (Å²) < 4.78 is 0. The molecule has 110 valence electrons. The third-order valence-corrected chi connectivity index (χ3v) is 4.20. The van der Waals surface area contributed by atoms with Crippen molar-refractivity contribution in [2.24, 2.45) is 11.8 Å². The van der Waals surface area contributed by atoms with Crippen molar-refractivity contribution in [1.82, 2.24) is 10.6 Å². The largest absolute Gasteiger partial charge is 0.355 e. The molecule has 2 unspecified atom stereocenters. The van der Waals surface area contributed by atoms with Crippen LogP contribution in [0.5, 0.6) is 0 Å². The first-order chi connectivity index (χ1) is 9.68. The highest BCUT2D eigenvalue weighted by atomic mass is 16.1. The van der Waals surface area contributed by atoms with Gasteiger partial charge in [-0.1, -0.05) is 44.2 Å². The van der Waals surface area contributed by atoms with Gasteiger partial charge in [0, 0.05) is 19.0 Å². The maximum absolute atomic E-state index is 12.2. The average molecular weight is 274 g/mol. The third kappa shape index (κ3) is 4.07. The lowest BCUT2D eigenvalue weighted by molar-refractivity contribution is -0.125. The van der Waals surface area contributed by atoms with Crippen LogP contribution in [0.25, 0.3) is 0 Å². The normalized spacial score (nSPS) is 20.6. The molecular weight excluding hydrogens is 248 g/mol. The van der Waals surface area contributed by atoms with Gasteiger partial charge in [-0.05, 0) is 30.9 Å². The van der Waals surface area contributed by atoms with E-state index in [0.717, 1.165) is 32.5 Å². The van der Waals surface area contributed by atoms with Crippen molar-refractivity contribution in [2.45, 2.75) is 32.6 Å². The van der Waals surface area contributed by atoms with Crippen LogP contribution in [0.2, 0.25) is 0 Å². The molecule has 2 N–H and O–H groups in total. The smallest absolute Gasteiger partial charge is 0.224 e. The van der Waals surface area contributed by atoms with E-state index in [1.165, 1.54) is 5.56 Å². The second kappa shape index (κ2) is 7.44. The zero-order valence-corrected chi connectivity index (χ0v) is 12.6. The van der Waals surface area contributed by atoms with Crippen LogP contribution in [0.15, 0.2) is 30.3 Å². The molecule has 1 heterocycles. The summed E-state index contributed by atoms with van der Waals surface area (Å²) in [4.78, 5) is 12.2. The van der Waals surface area contributed by atoms with Crippen molar-refractivity contribution in [3.63, 3.8) is 0 Å². The maximum Gasteiger partial charge on any atom is 0.224 e. The van der Waals surface area contributed by atoms with Gasteiger partial charge in [-0.3, -0.25) is 4.79 Å². The predicted molar refractivity (Wildman–Crippen MR) is 82.6 cm³/mol. The maximum atomic E-state index is 12.2. The number of piperidine rings is 1. The Balaban J connectivity index is 1.91. The molecule has 1 aromatic rings. The van der Waals surface area contributed by atoms with Crippen molar-refractivity contribution >= 4 is 5.91 Å². The second-order valence-corrected chi connectivity index (χ2v) is 6.05. The first-order valence-electron chi connectivity index (χ1n) is 7.72. The fraction of sp³-hybridized carbons (Fsp3) is 0.588. The fourth-order valence-corrected chi connectivity index (χ4v) is 2.87. The number of hydrogen-bond donors (Lipinski definition) is 2. The molecule has 0 spiro atoms. The van der Waals surface area contributed by atoms with Crippen LogP contribution in [0.1, 0.15) is 38.2 Å². The molecule has 20 heavy (non-hydrogen) atoms. The predicted octanol–water partition coefficient (Wildman–Crippen LogP) is 2.54. The summed E-state index contributed by atoms with van der Waals surface area (Å²) in [7, 11) is 0. The van der Waals surface area contributed by atoms with E-state index < -0.39 is 0 Å². The number of rotatable bonds is 5. The summed E-state index contributed by atoms with van der Waals surface area (Å²) >= 11 is 0. The molecule has 1 fully saturated rings. The molecule has 0 aliphatic carbocycles. The highest BCUT2D eigenvalue weighted by Crippen LogP contribution is 2.23. The fourth-order valence-electron chi connectivity index (χ4n) is 2.87. The first kappa shape index (κ1) is 15.0. The van der Waals surface area contributed by atoms with Gasteiger partial charge in [0.2, 0.25) is 5.91 Å². The minimum Gasteiger partial charge on any atom is -0.355 e. The van der Waals surface area contributed by atoms with Crippen LogP contribution in [-0.2, 0) is 4.79 Å². The summed E-state index contributed by atoms with van der Waals surface area (Å²) in [5, 5.41) is 6.45. The molecule has 1 saturated heterocycles. The molecule has 3 nitrogen and oxygen atoms in total. The minimum atomic E-state index is 0.146. The molecule has 3 heteroatoms. The zero-order chi connectivity index (χ0) is 14.4. The van der Waals surface area contributed by atoms with Gasteiger partial charge in [0.1, 0.15) is 0 Å². The minimum absolute atomic E-state index is 0.146. The molecule has 0 bridgehead atoms. The molecule has 2 atom stereocenters. The molecule has 1 aliphatic rings. The molecule has 1 aliphatic heterocycles. The number of carbonyl (C=O) groups is 1. The Labute approximate surface area is 122 Å². The Kier molecular flexibility index (Phi) is 5.60. The van der Waals surface area contributed by atoms with E-state index in [0.29, 0.717) is 11.8 Å². The highest BCUT2D eigenvalue weighted by molar-refractivity contribution is 5.79. The lowest BCUT2D eigenvalue weighted by Crippen LogP contribution is -2.42. The van der Waals surface area contributed by atoms with Crippen LogP contribution < -0.4 is 10.6 Å². The monoisotopic (exact) mass is 274 g/mol.